The lowest BCUT2D eigenvalue weighted by Gasteiger charge is -2.27. The van der Waals surface area contributed by atoms with E-state index in [4.69, 9.17) is 4.74 Å². The quantitative estimate of drug-likeness (QED) is 0.632. The molecule has 1 aliphatic rings. The first-order chi connectivity index (χ1) is 8.63. The van der Waals surface area contributed by atoms with Crippen LogP contribution in [0.1, 0.15) is 12.6 Å². The van der Waals surface area contributed by atoms with Crippen LogP contribution < -0.4 is 5.43 Å². The van der Waals surface area contributed by atoms with Gasteiger partial charge in [-0.25, -0.2) is 9.69 Å². The van der Waals surface area contributed by atoms with Gasteiger partial charge in [0.1, 0.15) is 5.69 Å². The summed E-state index contributed by atoms with van der Waals surface area (Å²) in [7, 11) is 0. The third-order valence-corrected chi connectivity index (χ3v) is 2.85. The molecule has 1 aromatic rings. The second kappa shape index (κ2) is 5.32. The fraction of sp³-hybridized carbons (Fsp3) is 0.700. The Morgan fingerprint density at radius 3 is 2.72 bits per heavy atom. The Morgan fingerprint density at radius 1 is 1.50 bits per heavy atom. The van der Waals surface area contributed by atoms with Crippen LogP contribution in [0.5, 0.6) is 0 Å². The van der Waals surface area contributed by atoms with Crippen molar-refractivity contribution < 1.29 is 9.66 Å². The summed E-state index contributed by atoms with van der Waals surface area (Å²) in [6.45, 7) is 6.78. The van der Waals surface area contributed by atoms with Gasteiger partial charge >= 0.3 is 5.69 Å². The SMILES string of the molecule is CCn1nc(C)c([N+](=O)[O-])c1NN1CCOCC1. The number of aryl methyl sites for hydroxylation is 2. The number of anilines is 1. The third kappa shape index (κ3) is 2.44. The summed E-state index contributed by atoms with van der Waals surface area (Å²) in [5.74, 6) is 0.446. The molecule has 0 radical (unpaired) electrons. The molecule has 1 N–H and O–H groups in total. The molecule has 0 bridgehead atoms. The summed E-state index contributed by atoms with van der Waals surface area (Å²) in [6.07, 6.45) is 0. The number of aromatic nitrogens is 2. The number of rotatable bonds is 4. The summed E-state index contributed by atoms with van der Waals surface area (Å²) < 4.78 is 6.85. The first-order valence-electron chi connectivity index (χ1n) is 5.94. The average Bonchev–Trinajstić information content (AvgIpc) is 2.67. The van der Waals surface area contributed by atoms with Gasteiger partial charge in [0.25, 0.3) is 0 Å². The maximum absolute atomic E-state index is 11.1. The molecule has 2 heterocycles. The van der Waals surface area contributed by atoms with E-state index in [0.717, 1.165) is 0 Å². The van der Waals surface area contributed by atoms with Gasteiger partial charge in [0.15, 0.2) is 0 Å². The maximum Gasteiger partial charge on any atom is 0.335 e. The van der Waals surface area contributed by atoms with Crippen molar-refractivity contribution in [3.05, 3.63) is 15.8 Å². The molecular weight excluding hydrogens is 238 g/mol. The lowest BCUT2D eigenvalue weighted by molar-refractivity contribution is -0.384. The van der Waals surface area contributed by atoms with Crippen molar-refractivity contribution in [3.63, 3.8) is 0 Å². The molecule has 1 aromatic heterocycles. The lowest BCUT2D eigenvalue weighted by Crippen LogP contribution is -2.40. The third-order valence-electron chi connectivity index (χ3n) is 2.85. The summed E-state index contributed by atoms with van der Waals surface area (Å²) in [4.78, 5) is 10.7. The molecule has 18 heavy (non-hydrogen) atoms. The van der Waals surface area contributed by atoms with E-state index in [1.54, 1.807) is 11.6 Å². The van der Waals surface area contributed by atoms with E-state index in [1.165, 1.54) is 0 Å². The van der Waals surface area contributed by atoms with Gasteiger partial charge in [-0.2, -0.15) is 5.10 Å². The zero-order chi connectivity index (χ0) is 13.1. The summed E-state index contributed by atoms with van der Waals surface area (Å²) in [5, 5.41) is 17.2. The van der Waals surface area contributed by atoms with E-state index in [2.05, 4.69) is 10.5 Å². The first kappa shape index (κ1) is 12.8. The molecule has 8 nitrogen and oxygen atoms in total. The summed E-state index contributed by atoms with van der Waals surface area (Å²) in [6, 6.07) is 0. The van der Waals surface area contributed by atoms with Crippen LogP contribution in [-0.2, 0) is 11.3 Å². The van der Waals surface area contributed by atoms with Gasteiger partial charge in [0, 0.05) is 19.6 Å². The van der Waals surface area contributed by atoms with Crippen molar-refractivity contribution in [2.75, 3.05) is 31.7 Å². The molecule has 0 saturated carbocycles. The van der Waals surface area contributed by atoms with E-state index in [0.29, 0.717) is 44.4 Å². The molecule has 0 amide bonds. The van der Waals surface area contributed by atoms with E-state index in [9.17, 15) is 10.1 Å². The molecule has 1 aliphatic heterocycles. The highest BCUT2D eigenvalue weighted by Gasteiger charge is 2.26. The Bertz CT molecular complexity index is 439. The van der Waals surface area contributed by atoms with Crippen molar-refractivity contribution >= 4 is 11.5 Å². The maximum atomic E-state index is 11.1. The zero-order valence-corrected chi connectivity index (χ0v) is 10.5. The molecular formula is C10H17N5O3. The van der Waals surface area contributed by atoms with Crippen LogP contribution in [0.2, 0.25) is 0 Å². The second-order valence-electron chi connectivity index (χ2n) is 4.07. The Kier molecular flexibility index (Phi) is 3.78. The van der Waals surface area contributed by atoms with E-state index >= 15 is 0 Å². The fourth-order valence-corrected chi connectivity index (χ4v) is 1.96. The lowest BCUT2D eigenvalue weighted by atomic mass is 10.4. The van der Waals surface area contributed by atoms with Crippen LogP contribution in [0, 0.1) is 17.0 Å². The van der Waals surface area contributed by atoms with Gasteiger partial charge in [0.05, 0.1) is 18.1 Å². The molecule has 0 atom stereocenters. The number of ether oxygens (including phenoxy) is 1. The fourth-order valence-electron chi connectivity index (χ4n) is 1.96. The van der Waals surface area contributed by atoms with Crippen molar-refractivity contribution in [2.24, 2.45) is 0 Å². The van der Waals surface area contributed by atoms with Gasteiger partial charge in [-0.05, 0) is 13.8 Å². The zero-order valence-electron chi connectivity index (χ0n) is 10.5. The van der Waals surface area contributed by atoms with Crippen molar-refractivity contribution in [2.45, 2.75) is 20.4 Å². The van der Waals surface area contributed by atoms with Crippen LogP contribution in [0.25, 0.3) is 0 Å². The van der Waals surface area contributed by atoms with E-state index in [-0.39, 0.29) is 5.69 Å². The van der Waals surface area contributed by atoms with Crippen LogP contribution >= 0.6 is 0 Å². The highest BCUT2D eigenvalue weighted by atomic mass is 16.6. The molecule has 0 aromatic carbocycles. The molecule has 100 valence electrons. The smallest absolute Gasteiger partial charge is 0.335 e. The summed E-state index contributed by atoms with van der Waals surface area (Å²) >= 11 is 0. The monoisotopic (exact) mass is 255 g/mol. The van der Waals surface area contributed by atoms with Crippen LogP contribution in [0.3, 0.4) is 0 Å². The highest BCUT2D eigenvalue weighted by molar-refractivity contribution is 5.59. The number of hydrogen-bond donors (Lipinski definition) is 1. The van der Waals surface area contributed by atoms with Crippen LogP contribution in [-0.4, -0.2) is 46.0 Å². The second-order valence-corrected chi connectivity index (χ2v) is 4.07. The number of morpholine rings is 1. The molecule has 1 fully saturated rings. The summed E-state index contributed by atoms with van der Waals surface area (Å²) in [5.41, 5.74) is 3.56. The van der Waals surface area contributed by atoms with Gasteiger partial charge < -0.3 is 4.74 Å². The van der Waals surface area contributed by atoms with E-state index in [1.807, 2.05) is 11.9 Å². The van der Waals surface area contributed by atoms with Crippen molar-refractivity contribution in [1.82, 2.24) is 14.8 Å². The molecule has 0 spiro atoms. The van der Waals surface area contributed by atoms with Gasteiger partial charge in [-0.1, -0.05) is 0 Å². The van der Waals surface area contributed by atoms with Crippen molar-refractivity contribution in [3.8, 4) is 0 Å². The normalized spacial score (nSPS) is 16.8. The molecule has 0 aliphatic carbocycles. The van der Waals surface area contributed by atoms with E-state index < -0.39 is 4.92 Å². The van der Waals surface area contributed by atoms with Crippen LogP contribution in [0.4, 0.5) is 11.5 Å². The van der Waals surface area contributed by atoms with Gasteiger partial charge in [0.2, 0.25) is 5.82 Å². The predicted octanol–water partition coefficient (Wildman–Crippen LogP) is 0.779. The minimum atomic E-state index is -0.392. The van der Waals surface area contributed by atoms with Gasteiger partial charge in [-0.15, -0.1) is 0 Å². The number of hydrazine groups is 1. The molecule has 8 heteroatoms. The Labute approximate surface area is 105 Å². The molecule has 0 unspecified atom stereocenters. The minimum absolute atomic E-state index is 0.0448. The van der Waals surface area contributed by atoms with Gasteiger partial charge in [-0.3, -0.25) is 15.5 Å². The Balaban J connectivity index is 2.26. The number of nitro groups is 1. The van der Waals surface area contributed by atoms with Crippen molar-refractivity contribution in [1.29, 1.82) is 0 Å². The number of nitrogens with one attached hydrogen (secondary N) is 1. The average molecular weight is 255 g/mol. The molecule has 2 rings (SSSR count). The largest absolute Gasteiger partial charge is 0.379 e. The Hall–Kier alpha value is -1.67. The topological polar surface area (TPSA) is 85.5 Å². The highest BCUT2D eigenvalue weighted by Crippen LogP contribution is 2.28. The Morgan fingerprint density at radius 2 is 2.17 bits per heavy atom. The standard InChI is InChI=1S/C10H17N5O3/c1-3-14-10(9(15(16)17)8(2)11-14)12-13-4-6-18-7-5-13/h12H,3-7H2,1-2H3. The molecule has 1 saturated heterocycles. The number of hydrogen-bond acceptors (Lipinski definition) is 6. The predicted molar refractivity (Wildman–Crippen MR) is 65.3 cm³/mol. The first-order valence-corrected chi connectivity index (χ1v) is 5.94. The number of nitrogens with zero attached hydrogens (tertiary/aromatic N) is 4. The van der Waals surface area contributed by atoms with Crippen LogP contribution in [0.15, 0.2) is 0 Å². The minimum Gasteiger partial charge on any atom is -0.379 e.